The lowest BCUT2D eigenvalue weighted by atomic mass is 9.73. The standard InChI is InChI=1S/C31H29NO/c1-32(2)22-24-13-11-19-27(24)29-21-20-23-12-9-10-18-28(23)30(29)31(33,25-14-5-3-6-15-25)26-16-7-4-8-17-26/h3-21,27,33H,22H2,1-2H3. The van der Waals surface area contributed by atoms with Gasteiger partial charge in [0.15, 0.2) is 0 Å². The van der Waals surface area contributed by atoms with Crippen LogP contribution in [0.5, 0.6) is 0 Å². The van der Waals surface area contributed by atoms with Gasteiger partial charge in [0.2, 0.25) is 0 Å². The fourth-order valence-corrected chi connectivity index (χ4v) is 5.10. The quantitative estimate of drug-likeness (QED) is 0.364. The Morgan fingerprint density at radius 1 is 0.758 bits per heavy atom. The molecule has 0 saturated carbocycles. The van der Waals surface area contributed by atoms with Crippen molar-refractivity contribution in [3.05, 3.63) is 143 Å². The van der Waals surface area contributed by atoms with Gasteiger partial charge in [0.1, 0.15) is 5.60 Å². The molecular formula is C31H29NO. The van der Waals surface area contributed by atoms with Gasteiger partial charge < -0.3 is 10.0 Å². The molecule has 1 unspecified atom stereocenters. The monoisotopic (exact) mass is 431 g/mol. The van der Waals surface area contributed by atoms with Gasteiger partial charge in [0.25, 0.3) is 0 Å². The van der Waals surface area contributed by atoms with Crippen LogP contribution in [0.4, 0.5) is 0 Å². The van der Waals surface area contributed by atoms with Crippen molar-refractivity contribution >= 4 is 10.8 Å². The zero-order chi connectivity index (χ0) is 22.8. The Morgan fingerprint density at radius 3 is 2.00 bits per heavy atom. The molecule has 0 aliphatic heterocycles. The van der Waals surface area contributed by atoms with Gasteiger partial charge in [-0.1, -0.05) is 115 Å². The number of aliphatic hydroxyl groups is 1. The van der Waals surface area contributed by atoms with Crippen LogP contribution < -0.4 is 0 Å². The fourth-order valence-electron chi connectivity index (χ4n) is 5.10. The lowest BCUT2D eigenvalue weighted by molar-refractivity contribution is 0.126. The number of hydrogen-bond acceptors (Lipinski definition) is 2. The van der Waals surface area contributed by atoms with Crippen molar-refractivity contribution < 1.29 is 5.11 Å². The van der Waals surface area contributed by atoms with Gasteiger partial charge in [0, 0.05) is 18.0 Å². The second-order valence-electron chi connectivity index (χ2n) is 9.04. The molecule has 0 spiro atoms. The maximum atomic E-state index is 12.8. The van der Waals surface area contributed by atoms with Gasteiger partial charge >= 0.3 is 0 Å². The van der Waals surface area contributed by atoms with Crippen LogP contribution in [-0.4, -0.2) is 30.6 Å². The zero-order valence-corrected chi connectivity index (χ0v) is 19.1. The van der Waals surface area contributed by atoms with Crippen LogP contribution in [0.15, 0.2) is 121 Å². The molecule has 1 atom stereocenters. The average Bonchev–Trinajstić information content (AvgIpc) is 3.31. The van der Waals surface area contributed by atoms with Gasteiger partial charge in [0.05, 0.1) is 0 Å². The summed E-state index contributed by atoms with van der Waals surface area (Å²) < 4.78 is 0. The van der Waals surface area contributed by atoms with Crippen molar-refractivity contribution in [3.8, 4) is 0 Å². The normalized spacial score (nSPS) is 15.9. The van der Waals surface area contributed by atoms with E-state index < -0.39 is 5.60 Å². The van der Waals surface area contributed by atoms with Crippen molar-refractivity contribution in [1.29, 1.82) is 0 Å². The van der Waals surface area contributed by atoms with E-state index in [0.717, 1.165) is 39.6 Å². The molecule has 0 radical (unpaired) electrons. The van der Waals surface area contributed by atoms with E-state index in [4.69, 9.17) is 0 Å². The molecule has 33 heavy (non-hydrogen) atoms. The van der Waals surface area contributed by atoms with E-state index in [-0.39, 0.29) is 5.92 Å². The summed E-state index contributed by atoms with van der Waals surface area (Å²) in [7, 11) is 4.20. The Balaban J connectivity index is 1.84. The average molecular weight is 432 g/mol. The first-order chi connectivity index (χ1) is 16.1. The first-order valence-corrected chi connectivity index (χ1v) is 11.5. The molecule has 164 valence electrons. The van der Waals surface area contributed by atoms with Crippen LogP contribution in [0.1, 0.15) is 28.2 Å². The summed E-state index contributed by atoms with van der Waals surface area (Å²) in [5.74, 6) is 0.117. The van der Waals surface area contributed by atoms with Crippen molar-refractivity contribution in [2.24, 2.45) is 0 Å². The maximum absolute atomic E-state index is 12.8. The summed E-state index contributed by atoms with van der Waals surface area (Å²) in [5.41, 5.74) is 3.88. The summed E-state index contributed by atoms with van der Waals surface area (Å²) in [4.78, 5) is 2.20. The first-order valence-electron chi connectivity index (χ1n) is 11.5. The molecule has 2 nitrogen and oxygen atoms in total. The molecule has 0 fully saturated rings. The van der Waals surface area contributed by atoms with E-state index in [0.29, 0.717) is 0 Å². The second-order valence-corrected chi connectivity index (χ2v) is 9.04. The maximum Gasteiger partial charge on any atom is 0.141 e. The summed E-state index contributed by atoms with van der Waals surface area (Å²) in [6.07, 6.45) is 6.61. The van der Waals surface area contributed by atoms with Crippen LogP contribution in [0, 0.1) is 0 Å². The van der Waals surface area contributed by atoms with Gasteiger partial charge in [-0.3, -0.25) is 0 Å². The van der Waals surface area contributed by atoms with Gasteiger partial charge in [-0.25, -0.2) is 0 Å². The summed E-state index contributed by atoms with van der Waals surface area (Å²) >= 11 is 0. The topological polar surface area (TPSA) is 23.5 Å². The third kappa shape index (κ3) is 3.82. The molecule has 1 N–H and O–H groups in total. The molecule has 0 amide bonds. The highest BCUT2D eigenvalue weighted by Gasteiger charge is 2.38. The van der Waals surface area contributed by atoms with Crippen LogP contribution in [0.3, 0.4) is 0 Å². The van der Waals surface area contributed by atoms with Crippen LogP contribution >= 0.6 is 0 Å². The number of hydrogen-bond donors (Lipinski definition) is 1. The molecule has 4 aromatic rings. The molecule has 2 heteroatoms. The molecule has 0 saturated heterocycles. The van der Waals surface area contributed by atoms with E-state index in [1.54, 1.807) is 0 Å². The lowest BCUT2D eigenvalue weighted by Gasteiger charge is -2.35. The molecular weight excluding hydrogens is 402 g/mol. The number of fused-ring (bicyclic) bond motifs is 1. The molecule has 5 rings (SSSR count). The molecule has 0 aromatic heterocycles. The number of nitrogens with zero attached hydrogens (tertiary/aromatic N) is 1. The minimum Gasteiger partial charge on any atom is -0.376 e. The summed E-state index contributed by atoms with van der Waals surface area (Å²) in [6.45, 7) is 0.874. The van der Waals surface area contributed by atoms with E-state index in [2.05, 4.69) is 73.6 Å². The Morgan fingerprint density at radius 2 is 1.36 bits per heavy atom. The Hall–Kier alpha value is -3.46. The van der Waals surface area contributed by atoms with E-state index in [1.165, 1.54) is 5.57 Å². The predicted octanol–water partition coefficient (Wildman–Crippen LogP) is 6.27. The number of likely N-dealkylation sites (N-methyl/N-ethyl adjacent to an activating group) is 1. The largest absolute Gasteiger partial charge is 0.376 e. The van der Waals surface area contributed by atoms with Gasteiger partial charge in [-0.05, 0) is 47.1 Å². The molecule has 1 aliphatic rings. The smallest absolute Gasteiger partial charge is 0.141 e. The first kappa shape index (κ1) is 21.4. The SMILES string of the molecule is CN(C)CC1=CC=CC1c1ccc2ccccc2c1C(O)(c1ccccc1)c1ccccc1. The number of rotatable bonds is 6. The van der Waals surface area contributed by atoms with Crippen molar-refractivity contribution in [2.45, 2.75) is 11.5 Å². The minimum absolute atomic E-state index is 0.117. The highest BCUT2D eigenvalue weighted by molar-refractivity contribution is 5.89. The third-order valence-corrected chi connectivity index (χ3v) is 6.55. The Kier molecular flexibility index (Phi) is 5.72. The molecule has 1 aliphatic carbocycles. The summed E-state index contributed by atoms with van der Waals surface area (Å²) in [5, 5.41) is 15.0. The van der Waals surface area contributed by atoms with Gasteiger partial charge in [-0.2, -0.15) is 0 Å². The zero-order valence-electron chi connectivity index (χ0n) is 19.1. The number of benzene rings is 4. The lowest BCUT2D eigenvalue weighted by Crippen LogP contribution is -2.31. The van der Waals surface area contributed by atoms with Crippen LogP contribution in [-0.2, 0) is 5.60 Å². The highest BCUT2D eigenvalue weighted by Crippen LogP contribution is 2.46. The van der Waals surface area contributed by atoms with E-state index >= 15 is 0 Å². The Labute approximate surface area is 196 Å². The van der Waals surface area contributed by atoms with E-state index in [1.807, 2.05) is 60.7 Å². The third-order valence-electron chi connectivity index (χ3n) is 6.55. The second kappa shape index (κ2) is 8.82. The Bertz CT molecular complexity index is 1280. The highest BCUT2D eigenvalue weighted by atomic mass is 16.3. The minimum atomic E-state index is -1.29. The fraction of sp³-hybridized carbons (Fsp3) is 0.161. The van der Waals surface area contributed by atoms with Crippen LogP contribution in [0.25, 0.3) is 10.8 Å². The molecule has 0 bridgehead atoms. The predicted molar refractivity (Wildman–Crippen MR) is 137 cm³/mol. The van der Waals surface area contributed by atoms with Crippen molar-refractivity contribution in [1.82, 2.24) is 4.90 Å². The molecule has 4 aromatic carbocycles. The van der Waals surface area contributed by atoms with Crippen molar-refractivity contribution in [2.75, 3.05) is 20.6 Å². The van der Waals surface area contributed by atoms with Crippen molar-refractivity contribution in [3.63, 3.8) is 0 Å². The number of allylic oxidation sites excluding steroid dienone is 3. The summed E-state index contributed by atoms with van der Waals surface area (Å²) in [6, 6.07) is 32.9. The van der Waals surface area contributed by atoms with Crippen LogP contribution in [0.2, 0.25) is 0 Å². The molecule has 0 heterocycles. The van der Waals surface area contributed by atoms with E-state index in [9.17, 15) is 5.11 Å². The van der Waals surface area contributed by atoms with Gasteiger partial charge in [-0.15, -0.1) is 0 Å².